The lowest BCUT2D eigenvalue weighted by Crippen LogP contribution is -2.25. The molecule has 1 aliphatic carbocycles. The van der Waals surface area contributed by atoms with E-state index < -0.39 is 5.97 Å². The van der Waals surface area contributed by atoms with Gasteiger partial charge in [-0.2, -0.15) is 0 Å². The van der Waals surface area contributed by atoms with Gasteiger partial charge in [0.05, 0.1) is 11.3 Å². The molecule has 0 saturated heterocycles. The molecular formula is C20H19NO5S. The third kappa shape index (κ3) is 3.60. The lowest BCUT2D eigenvalue weighted by atomic mass is 9.88. The molecule has 1 N–H and O–H groups in total. The maximum absolute atomic E-state index is 12.4. The number of carbonyl (C=O) groups is 3. The zero-order valence-electron chi connectivity index (χ0n) is 14.9. The van der Waals surface area contributed by atoms with E-state index in [0.29, 0.717) is 28.5 Å². The Hall–Kier alpha value is -2.67. The van der Waals surface area contributed by atoms with Crippen LogP contribution in [0.2, 0.25) is 0 Å². The maximum atomic E-state index is 12.4. The van der Waals surface area contributed by atoms with Crippen LogP contribution in [0.3, 0.4) is 0 Å². The summed E-state index contributed by atoms with van der Waals surface area (Å²) in [7, 11) is 0. The minimum absolute atomic E-state index is 0.0400. The first-order valence-electron chi connectivity index (χ1n) is 8.87. The predicted octanol–water partition coefficient (Wildman–Crippen LogP) is 3.24. The number of benzene rings is 1. The molecule has 1 unspecified atom stereocenters. The highest BCUT2D eigenvalue weighted by Crippen LogP contribution is 2.33. The van der Waals surface area contributed by atoms with Gasteiger partial charge in [0.25, 0.3) is 5.91 Å². The molecule has 0 fully saturated rings. The molecule has 1 aliphatic heterocycles. The van der Waals surface area contributed by atoms with Crippen LogP contribution < -0.4 is 10.1 Å². The second-order valence-electron chi connectivity index (χ2n) is 6.95. The Balaban J connectivity index is 1.42. The number of hydrogen-bond donors (Lipinski definition) is 1. The van der Waals surface area contributed by atoms with Crippen molar-refractivity contribution >= 4 is 34.7 Å². The van der Waals surface area contributed by atoms with Crippen LogP contribution in [0.5, 0.6) is 5.75 Å². The first kappa shape index (κ1) is 17.7. The maximum Gasteiger partial charge on any atom is 0.339 e. The summed E-state index contributed by atoms with van der Waals surface area (Å²) in [6.07, 6.45) is 2.93. The van der Waals surface area contributed by atoms with Crippen molar-refractivity contribution in [3.05, 3.63) is 45.1 Å². The molecule has 0 radical (unpaired) electrons. The van der Waals surface area contributed by atoms with E-state index in [1.54, 1.807) is 23.5 Å². The van der Waals surface area contributed by atoms with Crippen LogP contribution in [0.4, 0.5) is 5.69 Å². The van der Waals surface area contributed by atoms with E-state index in [1.807, 2.05) is 5.38 Å². The smallest absolute Gasteiger partial charge is 0.339 e. The zero-order valence-corrected chi connectivity index (χ0v) is 15.7. The highest BCUT2D eigenvalue weighted by Gasteiger charge is 2.25. The fourth-order valence-corrected chi connectivity index (χ4v) is 4.63. The van der Waals surface area contributed by atoms with E-state index >= 15 is 0 Å². The molecular weight excluding hydrogens is 366 g/mol. The number of anilines is 1. The standard InChI is InChI=1S/C20H19NO5S/c1-11-2-4-13-14(10-27-18(13)6-11)20(24)26-8-16(22)12-3-5-17-15(7-12)21-19(23)9-25-17/h3,5,7,10-11H,2,4,6,8-9H2,1H3,(H,21,23). The number of hydrogen-bond acceptors (Lipinski definition) is 6. The van der Waals surface area contributed by atoms with Crippen LogP contribution in [0, 0.1) is 5.92 Å². The van der Waals surface area contributed by atoms with Crippen LogP contribution in [0.1, 0.15) is 44.5 Å². The molecule has 1 aromatic carbocycles. The molecule has 2 aromatic rings. The number of ketones is 1. The Kier molecular flexibility index (Phi) is 4.70. The molecule has 27 heavy (non-hydrogen) atoms. The Bertz CT molecular complexity index is 932. The summed E-state index contributed by atoms with van der Waals surface area (Å²) in [5.41, 5.74) is 2.46. The van der Waals surface area contributed by atoms with Crippen molar-refractivity contribution in [3.63, 3.8) is 0 Å². The average molecular weight is 385 g/mol. The van der Waals surface area contributed by atoms with Gasteiger partial charge in [-0.05, 0) is 48.9 Å². The van der Waals surface area contributed by atoms with Crippen molar-refractivity contribution in [2.24, 2.45) is 5.92 Å². The number of amides is 1. The number of ether oxygens (including phenoxy) is 2. The van der Waals surface area contributed by atoms with Gasteiger partial charge in [-0.25, -0.2) is 4.79 Å². The molecule has 1 atom stereocenters. The first-order valence-corrected chi connectivity index (χ1v) is 9.75. The molecule has 6 nitrogen and oxygen atoms in total. The second-order valence-corrected chi connectivity index (χ2v) is 7.91. The summed E-state index contributed by atoms with van der Waals surface area (Å²) in [6, 6.07) is 4.76. The highest BCUT2D eigenvalue weighted by atomic mass is 32.1. The third-order valence-electron chi connectivity index (χ3n) is 4.89. The lowest BCUT2D eigenvalue weighted by Gasteiger charge is -2.19. The van der Waals surface area contributed by atoms with Crippen molar-refractivity contribution in [2.75, 3.05) is 18.5 Å². The molecule has 0 bridgehead atoms. The number of Topliss-reactive ketones (excluding diaryl/α,β-unsaturated/α-hetero) is 1. The molecule has 2 aliphatic rings. The minimum Gasteiger partial charge on any atom is -0.482 e. The van der Waals surface area contributed by atoms with Crippen molar-refractivity contribution in [1.29, 1.82) is 0 Å². The predicted molar refractivity (Wildman–Crippen MR) is 101 cm³/mol. The SMILES string of the molecule is CC1CCc2c(C(=O)OCC(=O)c3ccc4c(c3)NC(=O)CO4)csc2C1. The zero-order chi connectivity index (χ0) is 19.0. The second kappa shape index (κ2) is 7.15. The van der Waals surface area contributed by atoms with Crippen LogP contribution >= 0.6 is 11.3 Å². The average Bonchev–Trinajstić information content (AvgIpc) is 3.08. The van der Waals surface area contributed by atoms with E-state index in [2.05, 4.69) is 12.2 Å². The summed E-state index contributed by atoms with van der Waals surface area (Å²) < 4.78 is 10.5. The quantitative estimate of drug-likeness (QED) is 0.645. The van der Waals surface area contributed by atoms with Crippen molar-refractivity contribution in [3.8, 4) is 5.75 Å². The molecule has 1 amide bonds. The summed E-state index contributed by atoms with van der Waals surface area (Å²) >= 11 is 1.59. The monoisotopic (exact) mass is 385 g/mol. The molecule has 4 rings (SSSR count). The summed E-state index contributed by atoms with van der Waals surface area (Å²) in [5.74, 6) is 0.0983. The van der Waals surface area contributed by atoms with Gasteiger partial charge >= 0.3 is 5.97 Å². The fourth-order valence-electron chi connectivity index (χ4n) is 3.40. The van der Waals surface area contributed by atoms with E-state index in [9.17, 15) is 14.4 Å². The topological polar surface area (TPSA) is 81.7 Å². The normalized spacial score (nSPS) is 18.0. The number of esters is 1. The molecule has 0 saturated carbocycles. The van der Waals surface area contributed by atoms with Crippen LogP contribution in [-0.2, 0) is 22.4 Å². The minimum atomic E-state index is -0.454. The van der Waals surface area contributed by atoms with Gasteiger partial charge in [0, 0.05) is 15.8 Å². The number of carbonyl (C=O) groups excluding carboxylic acids is 3. The van der Waals surface area contributed by atoms with Crippen molar-refractivity contribution < 1.29 is 23.9 Å². The van der Waals surface area contributed by atoms with Gasteiger partial charge in [-0.15, -0.1) is 11.3 Å². The summed E-state index contributed by atoms with van der Waals surface area (Å²) in [4.78, 5) is 37.5. The van der Waals surface area contributed by atoms with E-state index in [4.69, 9.17) is 9.47 Å². The number of rotatable bonds is 4. The van der Waals surface area contributed by atoms with Gasteiger partial charge in [0.2, 0.25) is 0 Å². The molecule has 0 spiro atoms. The summed E-state index contributed by atoms with van der Waals surface area (Å²) in [6.45, 7) is 1.83. The largest absolute Gasteiger partial charge is 0.482 e. The van der Waals surface area contributed by atoms with Crippen molar-refractivity contribution in [1.82, 2.24) is 0 Å². The molecule has 1 aromatic heterocycles. The van der Waals surface area contributed by atoms with Gasteiger partial charge in [0.1, 0.15) is 5.75 Å². The number of fused-ring (bicyclic) bond motifs is 2. The number of thiophene rings is 1. The Morgan fingerprint density at radius 1 is 1.37 bits per heavy atom. The van der Waals surface area contributed by atoms with E-state index in [0.717, 1.165) is 24.8 Å². The fraction of sp³-hybridized carbons (Fsp3) is 0.350. The van der Waals surface area contributed by atoms with E-state index in [-0.39, 0.29) is 24.9 Å². The Morgan fingerprint density at radius 3 is 3.07 bits per heavy atom. The van der Waals surface area contributed by atoms with E-state index in [1.165, 1.54) is 10.9 Å². The molecule has 2 heterocycles. The summed E-state index contributed by atoms with van der Waals surface area (Å²) in [5, 5.41) is 4.49. The Labute approximate surface area is 160 Å². The molecule has 7 heteroatoms. The van der Waals surface area contributed by atoms with Gasteiger partial charge in [-0.1, -0.05) is 6.92 Å². The van der Waals surface area contributed by atoms with Crippen molar-refractivity contribution in [2.45, 2.75) is 26.2 Å². The Morgan fingerprint density at radius 2 is 2.22 bits per heavy atom. The van der Waals surface area contributed by atoms with Gasteiger partial charge in [0.15, 0.2) is 19.0 Å². The lowest BCUT2D eigenvalue weighted by molar-refractivity contribution is -0.118. The molecule has 140 valence electrons. The van der Waals surface area contributed by atoms with Gasteiger partial charge < -0.3 is 14.8 Å². The number of nitrogens with one attached hydrogen (secondary N) is 1. The highest BCUT2D eigenvalue weighted by molar-refractivity contribution is 7.10. The van der Waals surface area contributed by atoms with Crippen LogP contribution in [0.15, 0.2) is 23.6 Å². The van der Waals surface area contributed by atoms with Crippen LogP contribution in [-0.4, -0.2) is 30.9 Å². The first-order chi connectivity index (χ1) is 13.0. The third-order valence-corrected chi connectivity index (χ3v) is 5.94. The van der Waals surface area contributed by atoms with Gasteiger partial charge in [-0.3, -0.25) is 9.59 Å². The van der Waals surface area contributed by atoms with Crippen LogP contribution in [0.25, 0.3) is 0 Å².